The number of hydrogen-bond acceptors (Lipinski definition) is 3. The smallest absolute Gasteiger partial charge is 0.0722 e. The first-order chi connectivity index (χ1) is 9.74. The van der Waals surface area contributed by atoms with E-state index in [0.29, 0.717) is 0 Å². The minimum atomic E-state index is 0.801. The molecule has 100 valence electrons. The molecule has 0 spiro atoms. The summed E-state index contributed by atoms with van der Waals surface area (Å²) in [6, 6.07) is 18.2. The Hall–Kier alpha value is -2.55. The fourth-order valence-electron chi connectivity index (χ4n) is 2.46. The van der Waals surface area contributed by atoms with Crippen molar-refractivity contribution in [2.24, 2.45) is 0 Å². The third kappa shape index (κ3) is 2.43. The molecule has 0 aliphatic heterocycles. The van der Waals surface area contributed by atoms with Gasteiger partial charge in [0.25, 0.3) is 0 Å². The van der Waals surface area contributed by atoms with Crippen molar-refractivity contribution >= 4 is 22.3 Å². The van der Waals surface area contributed by atoms with Crippen molar-refractivity contribution in [2.75, 3.05) is 17.7 Å². The minimum absolute atomic E-state index is 0.801. The summed E-state index contributed by atoms with van der Waals surface area (Å²) >= 11 is 0. The third-order valence-electron chi connectivity index (χ3n) is 3.41. The van der Waals surface area contributed by atoms with Gasteiger partial charge in [-0.15, -0.1) is 0 Å². The van der Waals surface area contributed by atoms with Crippen LogP contribution in [0.5, 0.6) is 0 Å². The fraction of sp³-hybridized carbons (Fsp3) is 0.118. The molecule has 3 nitrogen and oxygen atoms in total. The molecule has 0 fully saturated rings. The summed E-state index contributed by atoms with van der Waals surface area (Å²) in [6.45, 7) is 0.818. The molecule has 1 heterocycles. The van der Waals surface area contributed by atoms with Gasteiger partial charge in [-0.05, 0) is 29.8 Å². The fourth-order valence-corrected chi connectivity index (χ4v) is 2.46. The lowest BCUT2D eigenvalue weighted by Gasteiger charge is -2.21. The van der Waals surface area contributed by atoms with Crippen LogP contribution in [-0.4, -0.2) is 12.0 Å². The average molecular weight is 263 g/mol. The first kappa shape index (κ1) is 12.5. The summed E-state index contributed by atoms with van der Waals surface area (Å²) in [5.74, 6) is 0. The van der Waals surface area contributed by atoms with Crippen molar-refractivity contribution in [3.05, 3.63) is 66.4 Å². The zero-order valence-corrected chi connectivity index (χ0v) is 11.5. The van der Waals surface area contributed by atoms with Gasteiger partial charge in [0, 0.05) is 36.6 Å². The Balaban J connectivity index is 1.94. The maximum Gasteiger partial charge on any atom is 0.0722 e. The Morgan fingerprint density at radius 3 is 2.75 bits per heavy atom. The Kier molecular flexibility index (Phi) is 3.25. The normalized spacial score (nSPS) is 10.7. The number of pyridine rings is 1. The molecule has 3 heteroatoms. The van der Waals surface area contributed by atoms with E-state index in [4.69, 9.17) is 5.73 Å². The highest BCUT2D eigenvalue weighted by molar-refractivity contribution is 5.91. The van der Waals surface area contributed by atoms with Gasteiger partial charge in [0.1, 0.15) is 0 Å². The average Bonchev–Trinajstić information content (AvgIpc) is 2.46. The van der Waals surface area contributed by atoms with Gasteiger partial charge in [-0.1, -0.05) is 30.3 Å². The maximum absolute atomic E-state index is 5.84. The zero-order valence-electron chi connectivity index (χ0n) is 11.5. The number of nitrogens with two attached hydrogens (primary N) is 1. The topological polar surface area (TPSA) is 42.1 Å². The summed E-state index contributed by atoms with van der Waals surface area (Å²) in [5, 5.41) is 1.17. The number of benzene rings is 2. The SMILES string of the molecule is CN(Cc1cccc(N)c1)c1ccnc2ccccc12. The molecule has 0 atom stereocenters. The molecule has 20 heavy (non-hydrogen) atoms. The highest BCUT2D eigenvalue weighted by Crippen LogP contribution is 2.25. The van der Waals surface area contributed by atoms with Crippen molar-refractivity contribution in [1.29, 1.82) is 0 Å². The predicted octanol–water partition coefficient (Wildman–Crippen LogP) is 3.45. The maximum atomic E-state index is 5.84. The summed E-state index contributed by atoms with van der Waals surface area (Å²) in [5.41, 5.74) is 10.0. The second-order valence-electron chi connectivity index (χ2n) is 4.95. The molecule has 0 saturated heterocycles. The van der Waals surface area contributed by atoms with Gasteiger partial charge in [0.15, 0.2) is 0 Å². The monoisotopic (exact) mass is 263 g/mol. The lowest BCUT2D eigenvalue weighted by atomic mass is 10.1. The molecule has 0 amide bonds. The van der Waals surface area contributed by atoms with Crippen LogP contribution in [0.1, 0.15) is 5.56 Å². The van der Waals surface area contributed by atoms with Crippen LogP contribution in [0.2, 0.25) is 0 Å². The van der Waals surface area contributed by atoms with Crippen molar-refractivity contribution in [3.63, 3.8) is 0 Å². The molecule has 2 aromatic carbocycles. The number of fused-ring (bicyclic) bond motifs is 1. The van der Waals surface area contributed by atoms with Crippen molar-refractivity contribution in [2.45, 2.75) is 6.54 Å². The van der Waals surface area contributed by atoms with E-state index in [1.165, 1.54) is 16.6 Å². The number of hydrogen-bond donors (Lipinski definition) is 1. The summed E-state index contributed by atoms with van der Waals surface area (Å²) in [4.78, 5) is 6.62. The molecular weight excluding hydrogens is 246 g/mol. The third-order valence-corrected chi connectivity index (χ3v) is 3.41. The largest absolute Gasteiger partial charge is 0.399 e. The molecular formula is C17H17N3. The minimum Gasteiger partial charge on any atom is -0.399 e. The predicted molar refractivity (Wildman–Crippen MR) is 84.7 cm³/mol. The van der Waals surface area contributed by atoms with E-state index in [9.17, 15) is 0 Å². The van der Waals surface area contributed by atoms with E-state index in [0.717, 1.165) is 17.7 Å². The van der Waals surface area contributed by atoms with Crippen molar-refractivity contribution in [3.8, 4) is 0 Å². The number of aromatic nitrogens is 1. The first-order valence-corrected chi connectivity index (χ1v) is 6.63. The number of rotatable bonds is 3. The quantitative estimate of drug-likeness (QED) is 0.736. The van der Waals surface area contributed by atoms with Gasteiger partial charge >= 0.3 is 0 Å². The molecule has 1 aromatic heterocycles. The molecule has 0 radical (unpaired) electrons. The van der Waals surface area contributed by atoms with Crippen molar-refractivity contribution < 1.29 is 0 Å². The lowest BCUT2D eigenvalue weighted by Crippen LogP contribution is -2.16. The van der Waals surface area contributed by atoms with Crippen LogP contribution in [0.4, 0.5) is 11.4 Å². The molecule has 0 saturated carbocycles. The van der Waals surface area contributed by atoms with Gasteiger partial charge in [0.05, 0.1) is 5.52 Å². The summed E-state index contributed by atoms with van der Waals surface area (Å²) in [7, 11) is 2.09. The second kappa shape index (κ2) is 5.21. The van der Waals surface area contributed by atoms with E-state index in [1.807, 2.05) is 42.6 Å². The van der Waals surface area contributed by atoms with E-state index >= 15 is 0 Å². The second-order valence-corrected chi connectivity index (χ2v) is 4.95. The Bertz CT molecular complexity index is 732. The van der Waals surface area contributed by atoms with E-state index in [-0.39, 0.29) is 0 Å². The Morgan fingerprint density at radius 1 is 1.05 bits per heavy atom. The van der Waals surface area contributed by atoms with Crippen LogP contribution in [0.15, 0.2) is 60.8 Å². The van der Waals surface area contributed by atoms with Crippen LogP contribution >= 0.6 is 0 Å². The van der Waals surface area contributed by atoms with Crippen LogP contribution in [0.25, 0.3) is 10.9 Å². The molecule has 3 rings (SSSR count). The Morgan fingerprint density at radius 2 is 1.90 bits per heavy atom. The summed E-state index contributed by atoms with van der Waals surface area (Å²) in [6.07, 6.45) is 1.85. The first-order valence-electron chi connectivity index (χ1n) is 6.63. The van der Waals surface area contributed by atoms with E-state index in [2.05, 4.69) is 35.1 Å². The van der Waals surface area contributed by atoms with Gasteiger partial charge in [-0.3, -0.25) is 4.98 Å². The standard InChI is InChI=1S/C17H17N3/c1-20(12-13-5-4-6-14(18)11-13)17-9-10-19-16-8-3-2-7-15(16)17/h2-11H,12,18H2,1H3. The molecule has 0 aliphatic carbocycles. The highest BCUT2D eigenvalue weighted by atomic mass is 15.1. The van der Waals surface area contributed by atoms with Crippen LogP contribution in [0.3, 0.4) is 0 Å². The van der Waals surface area contributed by atoms with Gasteiger partial charge in [0.2, 0.25) is 0 Å². The molecule has 0 aliphatic rings. The van der Waals surface area contributed by atoms with Crippen LogP contribution in [-0.2, 0) is 6.54 Å². The van der Waals surface area contributed by atoms with Crippen LogP contribution < -0.4 is 10.6 Å². The van der Waals surface area contributed by atoms with E-state index in [1.54, 1.807) is 0 Å². The highest BCUT2D eigenvalue weighted by Gasteiger charge is 2.07. The molecule has 0 unspecified atom stereocenters. The molecule has 0 bridgehead atoms. The molecule has 3 aromatic rings. The lowest BCUT2D eigenvalue weighted by molar-refractivity contribution is 0.927. The summed E-state index contributed by atoms with van der Waals surface area (Å²) < 4.78 is 0. The van der Waals surface area contributed by atoms with Crippen LogP contribution in [0, 0.1) is 0 Å². The van der Waals surface area contributed by atoms with Gasteiger partial charge in [-0.2, -0.15) is 0 Å². The number of anilines is 2. The molecule has 2 N–H and O–H groups in total. The number of nitrogens with zero attached hydrogens (tertiary/aromatic N) is 2. The van der Waals surface area contributed by atoms with Gasteiger partial charge in [-0.25, -0.2) is 0 Å². The van der Waals surface area contributed by atoms with Crippen molar-refractivity contribution in [1.82, 2.24) is 4.98 Å². The van der Waals surface area contributed by atoms with E-state index < -0.39 is 0 Å². The van der Waals surface area contributed by atoms with Gasteiger partial charge < -0.3 is 10.6 Å². The zero-order chi connectivity index (χ0) is 13.9. The number of para-hydroxylation sites is 1. The Labute approximate surface area is 118 Å². The number of nitrogen functional groups attached to an aromatic ring is 1.